The van der Waals surface area contributed by atoms with Gasteiger partial charge in [0.25, 0.3) is 0 Å². The Kier molecular flexibility index (Phi) is 1.54. The van der Waals surface area contributed by atoms with Gasteiger partial charge in [0.1, 0.15) is 6.10 Å². The summed E-state index contributed by atoms with van der Waals surface area (Å²) in [5.41, 5.74) is 0. The molecule has 0 radical (unpaired) electrons. The number of nitrogens with zero attached hydrogens (tertiary/aromatic N) is 2. The summed E-state index contributed by atoms with van der Waals surface area (Å²) in [6.07, 6.45) is 3.93. The summed E-state index contributed by atoms with van der Waals surface area (Å²) >= 11 is 0. The van der Waals surface area contributed by atoms with Crippen LogP contribution in [0.3, 0.4) is 0 Å². The van der Waals surface area contributed by atoms with Crippen LogP contribution in [-0.4, -0.2) is 29.6 Å². The first-order valence-electron chi connectivity index (χ1n) is 3.56. The molecule has 0 spiro atoms. The molecule has 0 amide bonds. The predicted octanol–water partition coefficient (Wildman–Crippen LogP) is 0.290. The quantitative estimate of drug-likeness (QED) is 0.587. The van der Waals surface area contributed by atoms with Crippen LogP contribution in [0, 0.1) is 0 Å². The third kappa shape index (κ3) is 1.51. The van der Waals surface area contributed by atoms with Gasteiger partial charge in [0.05, 0.1) is 32.7 Å². The van der Waals surface area contributed by atoms with E-state index in [9.17, 15) is 0 Å². The second-order valence-corrected chi connectivity index (χ2v) is 2.56. The molecule has 2 rings (SSSR count). The molecule has 0 aromatic carbocycles. The summed E-state index contributed by atoms with van der Waals surface area (Å²) in [4.78, 5) is 0. The molecule has 60 valence electrons. The van der Waals surface area contributed by atoms with Crippen molar-refractivity contribution in [3.8, 4) is 5.75 Å². The van der Waals surface area contributed by atoms with Gasteiger partial charge >= 0.3 is 0 Å². The highest BCUT2D eigenvalue weighted by atomic mass is 16.6. The molecule has 1 saturated heterocycles. The highest BCUT2D eigenvalue weighted by Crippen LogP contribution is 2.13. The molecule has 1 aromatic heterocycles. The molecule has 1 atom stereocenters. The Morgan fingerprint density at radius 2 is 2.73 bits per heavy atom. The van der Waals surface area contributed by atoms with Crippen LogP contribution >= 0.6 is 0 Å². The molecule has 1 aliphatic heterocycles. The molecule has 0 bridgehead atoms. The summed E-state index contributed by atoms with van der Waals surface area (Å²) in [6.45, 7) is 1.70. The van der Waals surface area contributed by atoms with Gasteiger partial charge in [-0.05, 0) is 0 Å². The topological polar surface area (TPSA) is 39.6 Å². The highest BCUT2D eigenvalue weighted by molar-refractivity contribution is 5.11. The van der Waals surface area contributed by atoms with E-state index in [1.165, 1.54) is 0 Å². The summed E-state index contributed by atoms with van der Waals surface area (Å²) < 4.78 is 11.9. The Labute approximate surface area is 64.7 Å². The lowest BCUT2D eigenvalue weighted by atomic mass is 10.5. The lowest BCUT2D eigenvalue weighted by molar-refractivity contribution is 0.372. The Bertz CT molecular complexity index is 242. The third-order valence-electron chi connectivity index (χ3n) is 1.64. The van der Waals surface area contributed by atoms with Gasteiger partial charge in [-0.3, -0.25) is 4.68 Å². The van der Waals surface area contributed by atoms with Gasteiger partial charge in [-0.2, -0.15) is 5.10 Å². The number of rotatable bonds is 3. The summed E-state index contributed by atoms with van der Waals surface area (Å²) in [5, 5.41) is 4.08. The van der Waals surface area contributed by atoms with Crippen LogP contribution in [0.5, 0.6) is 5.75 Å². The summed E-state index contributed by atoms with van der Waals surface area (Å²) in [5.74, 6) is 0.797. The fourth-order valence-electron chi connectivity index (χ4n) is 0.932. The van der Waals surface area contributed by atoms with Crippen molar-refractivity contribution >= 4 is 0 Å². The van der Waals surface area contributed by atoms with E-state index in [-0.39, 0.29) is 0 Å². The van der Waals surface area contributed by atoms with Gasteiger partial charge in [-0.15, -0.1) is 0 Å². The average molecular weight is 154 g/mol. The van der Waals surface area contributed by atoms with Crippen molar-refractivity contribution in [2.75, 3.05) is 13.7 Å². The molecular weight excluding hydrogens is 144 g/mol. The van der Waals surface area contributed by atoms with E-state index in [1.807, 2.05) is 10.9 Å². The van der Waals surface area contributed by atoms with Crippen molar-refractivity contribution in [2.45, 2.75) is 12.6 Å². The smallest absolute Gasteiger partial charge is 0.156 e. The molecule has 2 heterocycles. The van der Waals surface area contributed by atoms with Crippen LogP contribution in [0.1, 0.15) is 0 Å². The first-order chi connectivity index (χ1) is 5.38. The molecule has 11 heavy (non-hydrogen) atoms. The maximum atomic E-state index is 5.05. The van der Waals surface area contributed by atoms with Crippen LogP contribution in [-0.2, 0) is 11.3 Å². The number of hydrogen-bond acceptors (Lipinski definition) is 3. The van der Waals surface area contributed by atoms with Crippen molar-refractivity contribution in [1.29, 1.82) is 0 Å². The molecule has 4 nitrogen and oxygen atoms in total. The largest absolute Gasteiger partial charge is 0.493 e. The van der Waals surface area contributed by atoms with E-state index >= 15 is 0 Å². The minimum atomic E-state index is 0.375. The zero-order valence-electron chi connectivity index (χ0n) is 6.36. The van der Waals surface area contributed by atoms with E-state index in [4.69, 9.17) is 9.47 Å². The van der Waals surface area contributed by atoms with Crippen molar-refractivity contribution < 1.29 is 9.47 Å². The number of epoxide rings is 1. The zero-order chi connectivity index (χ0) is 7.68. The lowest BCUT2D eigenvalue weighted by Gasteiger charge is -1.94. The number of aromatic nitrogens is 2. The molecule has 0 N–H and O–H groups in total. The van der Waals surface area contributed by atoms with Crippen LogP contribution in [0.4, 0.5) is 0 Å². The minimum absolute atomic E-state index is 0.375. The molecule has 1 unspecified atom stereocenters. The molecule has 1 aromatic rings. The lowest BCUT2D eigenvalue weighted by Crippen LogP contribution is -2.03. The van der Waals surface area contributed by atoms with Crippen molar-refractivity contribution in [2.24, 2.45) is 0 Å². The van der Waals surface area contributed by atoms with Gasteiger partial charge in [0.15, 0.2) is 5.75 Å². The SMILES string of the molecule is COc1cnn(CC2CO2)c1. The minimum Gasteiger partial charge on any atom is -0.493 e. The first kappa shape index (κ1) is 6.67. The molecule has 0 saturated carbocycles. The van der Waals surface area contributed by atoms with Crippen molar-refractivity contribution in [1.82, 2.24) is 9.78 Å². The van der Waals surface area contributed by atoms with Crippen LogP contribution in [0.2, 0.25) is 0 Å². The second kappa shape index (κ2) is 2.54. The fraction of sp³-hybridized carbons (Fsp3) is 0.571. The summed E-state index contributed by atoms with van der Waals surface area (Å²) in [6, 6.07) is 0. The van der Waals surface area contributed by atoms with Gasteiger partial charge < -0.3 is 9.47 Å². The van der Waals surface area contributed by atoms with Crippen LogP contribution < -0.4 is 4.74 Å². The zero-order valence-corrected chi connectivity index (χ0v) is 6.36. The summed E-state index contributed by atoms with van der Waals surface area (Å²) in [7, 11) is 1.63. The van der Waals surface area contributed by atoms with E-state index in [1.54, 1.807) is 13.3 Å². The molecule has 4 heteroatoms. The van der Waals surface area contributed by atoms with Crippen LogP contribution in [0.15, 0.2) is 12.4 Å². The molecule has 1 aliphatic rings. The highest BCUT2D eigenvalue weighted by Gasteiger charge is 2.23. The molecule has 0 aliphatic carbocycles. The van der Waals surface area contributed by atoms with E-state index in [0.717, 1.165) is 18.9 Å². The van der Waals surface area contributed by atoms with E-state index in [2.05, 4.69) is 5.10 Å². The van der Waals surface area contributed by atoms with Gasteiger partial charge in [-0.25, -0.2) is 0 Å². The normalized spacial score (nSPS) is 21.7. The predicted molar refractivity (Wildman–Crippen MR) is 38.5 cm³/mol. The molecular formula is C7H10N2O2. The van der Waals surface area contributed by atoms with E-state index < -0.39 is 0 Å². The van der Waals surface area contributed by atoms with Gasteiger partial charge in [0, 0.05) is 0 Å². The number of ether oxygens (including phenoxy) is 2. The maximum absolute atomic E-state index is 5.05. The standard InChI is InChI=1S/C7H10N2O2/c1-10-6-2-8-9(3-6)4-7-5-11-7/h2-3,7H,4-5H2,1H3. The van der Waals surface area contributed by atoms with Crippen molar-refractivity contribution in [3.05, 3.63) is 12.4 Å². The third-order valence-corrected chi connectivity index (χ3v) is 1.64. The Balaban J connectivity index is 1.99. The van der Waals surface area contributed by atoms with Crippen LogP contribution in [0.25, 0.3) is 0 Å². The van der Waals surface area contributed by atoms with Gasteiger partial charge in [0.2, 0.25) is 0 Å². The fourth-order valence-corrected chi connectivity index (χ4v) is 0.932. The van der Waals surface area contributed by atoms with E-state index in [0.29, 0.717) is 6.10 Å². The Morgan fingerprint density at radius 3 is 3.27 bits per heavy atom. The average Bonchev–Trinajstić information content (AvgIpc) is 2.68. The Morgan fingerprint density at radius 1 is 1.91 bits per heavy atom. The monoisotopic (exact) mass is 154 g/mol. The first-order valence-corrected chi connectivity index (χ1v) is 3.56. The van der Waals surface area contributed by atoms with Gasteiger partial charge in [-0.1, -0.05) is 0 Å². The van der Waals surface area contributed by atoms with Crippen molar-refractivity contribution in [3.63, 3.8) is 0 Å². The molecule has 1 fully saturated rings. The maximum Gasteiger partial charge on any atom is 0.156 e. The second-order valence-electron chi connectivity index (χ2n) is 2.56. The Hall–Kier alpha value is -1.03. The number of hydrogen-bond donors (Lipinski definition) is 0. The number of methoxy groups -OCH3 is 1.